The minimum atomic E-state index is -0.213. The van der Waals surface area contributed by atoms with Crippen LogP contribution in [0.15, 0.2) is 54.6 Å². The first-order valence-electron chi connectivity index (χ1n) is 10.5. The second-order valence-electron chi connectivity index (χ2n) is 7.45. The second-order valence-corrected chi connectivity index (χ2v) is 8.51. The molecule has 1 aromatic heterocycles. The van der Waals surface area contributed by atoms with Gasteiger partial charge < -0.3 is 10.1 Å². The summed E-state index contributed by atoms with van der Waals surface area (Å²) in [4.78, 5) is 17.2. The van der Waals surface area contributed by atoms with Crippen molar-refractivity contribution in [2.24, 2.45) is 0 Å². The maximum Gasteiger partial charge on any atom is 0.286 e. The minimum absolute atomic E-state index is 0.213. The molecule has 1 saturated heterocycles. The zero-order valence-corrected chi connectivity index (χ0v) is 18.5. The highest BCUT2D eigenvalue weighted by Crippen LogP contribution is 2.18. The van der Waals surface area contributed by atoms with Gasteiger partial charge in [-0.2, -0.15) is 0 Å². The van der Waals surface area contributed by atoms with Crippen LogP contribution in [0.3, 0.4) is 0 Å². The van der Waals surface area contributed by atoms with Gasteiger partial charge in [0.1, 0.15) is 10.8 Å². The third-order valence-corrected chi connectivity index (χ3v) is 6.06. The third-order valence-electron chi connectivity index (χ3n) is 5.16. The molecule has 1 fully saturated rings. The molecule has 0 atom stereocenters. The highest BCUT2D eigenvalue weighted by molar-refractivity contribution is 7.13. The molecule has 1 amide bonds. The Labute approximate surface area is 186 Å². The van der Waals surface area contributed by atoms with Crippen molar-refractivity contribution in [3.63, 3.8) is 0 Å². The van der Waals surface area contributed by atoms with Crippen molar-refractivity contribution in [1.29, 1.82) is 0 Å². The summed E-state index contributed by atoms with van der Waals surface area (Å²) in [6, 6.07) is 17.7. The summed E-state index contributed by atoms with van der Waals surface area (Å²) in [5, 5.41) is 12.4. The quantitative estimate of drug-likeness (QED) is 0.582. The van der Waals surface area contributed by atoms with Crippen LogP contribution < -0.4 is 10.1 Å². The molecule has 2 aromatic carbocycles. The van der Waals surface area contributed by atoms with E-state index >= 15 is 0 Å². The Hall–Kier alpha value is -2.81. The Morgan fingerprint density at radius 1 is 0.968 bits per heavy atom. The van der Waals surface area contributed by atoms with E-state index in [0.29, 0.717) is 11.6 Å². The first kappa shape index (κ1) is 21.4. The summed E-state index contributed by atoms with van der Waals surface area (Å²) < 4.78 is 5.51. The number of amides is 1. The average molecular weight is 438 g/mol. The Kier molecular flexibility index (Phi) is 7.24. The van der Waals surface area contributed by atoms with Crippen molar-refractivity contribution in [3.8, 4) is 5.75 Å². The molecule has 7 nitrogen and oxygen atoms in total. The SMILES string of the molecule is CCOc1ccc(CN2CCN(Cc3nnc(C(=O)Nc4ccccc4)s3)CC2)cc1. The smallest absolute Gasteiger partial charge is 0.286 e. The first-order chi connectivity index (χ1) is 15.2. The van der Waals surface area contributed by atoms with Gasteiger partial charge in [0.25, 0.3) is 5.91 Å². The van der Waals surface area contributed by atoms with E-state index in [1.165, 1.54) is 16.9 Å². The third kappa shape index (κ3) is 6.10. The number of hydrogen-bond acceptors (Lipinski definition) is 7. The number of para-hydroxylation sites is 1. The predicted octanol–water partition coefficient (Wildman–Crippen LogP) is 3.51. The Morgan fingerprint density at radius 2 is 1.65 bits per heavy atom. The number of benzene rings is 2. The highest BCUT2D eigenvalue weighted by atomic mass is 32.1. The first-order valence-corrected chi connectivity index (χ1v) is 11.4. The molecule has 8 heteroatoms. The van der Waals surface area contributed by atoms with Crippen LogP contribution in [-0.4, -0.2) is 58.7 Å². The van der Waals surface area contributed by atoms with Crippen LogP contribution in [0.4, 0.5) is 5.69 Å². The average Bonchev–Trinajstić information content (AvgIpc) is 3.26. The molecule has 0 saturated carbocycles. The molecule has 162 valence electrons. The van der Waals surface area contributed by atoms with Gasteiger partial charge in [-0.25, -0.2) is 0 Å². The van der Waals surface area contributed by atoms with E-state index in [0.717, 1.165) is 55.7 Å². The largest absolute Gasteiger partial charge is 0.494 e. The highest BCUT2D eigenvalue weighted by Gasteiger charge is 2.20. The maximum absolute atomic E-state index is 12.4. The monoisotopic (exact) mass is 437 g/mol. The molecule has 1 N–H and O–H groups in total. The molecule has 0 aliphatic carbocycles. The topological polar surface area (TPSA) is 70.6 Å². The molecule has 3 aromatic rings. The number of ether oxygens (including phenoxy) is 1. The van der Waals surface area contributed by atoms with Gasteiger partial charge in [0.05, 0.1) is 13.2 Å². The molecule has 1 aliphatic rings. The van der Waals surface area contributed by atoms with E-state index in [2.05, 4.69) is 37.4 Å². The van der Waals surface area contributed by atoms with Crippen LogP contribution in [0.5, 0.6) is 5.75 Å². The number of anilines is 1. The molecule has 2 heterocycles. The minimum Gasteiger partial charge on any atom is -0.494 e. The second kappa shape index (κ2) is 10.5. The number of hydrogen-bond donors (Lipinski definition) is 1. The van der Waals surface area contributed by atoms with Crippen molar-refractivity contribution in [1.82, 2.24) is 20.0 Å². The van der Waals surface area contributed by atoms with Crippen molar-refractivity contribution < 1.29 is 9.53 Å². The summed E-state index contributed by atoms with van der Waals surface area (Å²) in [5.41, 5.74) is 2.06. The molecule has 0 unspecified atom stereocenters. The van der Waals surface area contributed by atoms with Gasteiger partial charge in [-0.1, -0.05) is 41.7 Å². The lowest BCUT2D eigenvalue weighted by molar-refractivity contribution is 0.102. The van der Waals surface area contributed by atoms with Crippen molar-refractivity contribution in [2.75, 3.05) is 38.1 Å². The molecular weight excluding hydrogens is 410 g/mol. The van der Waals surface area contributed by atoms with Crippen molar-refractivity contribution >= 4 is 22.9 Å². The normalized spacial score (nSPS) is 15.0. The Bertz CT molecular complexity index is 969. The van der Waals surface area contributed by atoms with Gasteiger partial charge >= 0.3 is 0 Å². The van der Waals surface area contributed by atoms with Crippen LogP contribution in [0, 0.1) is 0 Å². The molecule has 0 radical (unpaired) electrons. The molecule has 0 bridgehead atoms. The molecule has 0 spiro atoms. The molecule has 4 rings (SSSR count). The van der Waals surface area contributed by atoms with Crippen molar-refractivity contribution in [2.45, 2.75) is 20.0 Å². The lowest BCUT2D eigenvalue weighted by atomic mass is 10.2. The lowest BCUT2D eigenvalue weighted by Gasteiger charge is -2.34. The zero-order chi connectivity index (χ0) is 21.5. The van der Waals surface area contributed by atoms with E-state index in [9.17, 15) is 4.79 Å². The zero-order valence-electron chi connectivity index (χ0n) is 17.7. The van der Waals surface area contributed by atoms with Gasteiger partial charge in [0, 0.05) is 38.4 Å². The Morgan fingerprint density at radius 3 is 2.32 bits per heavy atom. The van der Waals surface area contributed by atoms with Gasteiger partial charge in [0.15, 0.2) is 0 Å². The number of carbonyl (C=O) groups is 1. The Balaban J connectivity index is 1.23. The van der Waals surface area contributed by atoms with Gasteiger partial charge in [-0.05, 0) is 36.8 Å². The van der Waals surface area contributed by atoms with Crippen LogP contribution in [0.25, 0.3) is 0 Å². The van der Waals surface area contributed by atoms with Crippen LogP contribution in [-0.2, 0) is 13.1 Å². The number of carbonyl (C=O) groups excluding carboxylic acids is 1. The predicted molar refractivity (Wildman–Crippen MR) is 122 cm³/mol. The molecule has 31 heavy (non-hydrogen) atoms. The van der Waals surface area contributed by atoms with Crippen LogP contribution in [0.2, 0.25) is 0 Å². The van der Waals surface area contributed by atoms with E-state index in [1.54, 1.807) is 0 Å². The molecular formula is C23H27N5O2S. The van der Waals surface area contributed by atoms with Crippen molar-refractivity contribution in [3.05, 3.63) is 70.2 Å². The van der Waals surface area contributed by atoms with E-state index in [1.807, 2.05) is 49.4 Å². The van der Waals surface area contributed by atoms with Gasteiger partial charge in [0.2, 0.25) is 5.01 Å². The fraction of sp³-hybridized carbons (Fsp3) is 0.348. The summed E-state index contributed by atoms with van der Waals surface area (Å²) in [5.74, 6) is 0.708. The molecule has 1 aliphatic heterocycles. The van der Waals surface area contributed by atoms with E-state index in [-0.39, 0.29) is 5.91 Å². The fourth-order valence-electron chi connectivity index (χ4n) is 3.53. The van der Waals surface area contributed by atoms with Crippen LogP contribution in [0.1, 0.15) is 27.3 Å². The number of nitrogens with one attached hydrogen (secondary N) is 1. The maximum atomic E-state index is 12.4. The van der Waals surface area contributed by atoms with Gasteiger partial charge in [-0.15, -0.1) is 10.2 Å². The number of rotatable bonds is 8. The van der Waals surface area contributed by atoms with Gasteiger partial charge in [-0.3, -0.25) is 14.6 Å². The summed E-state index contributed by atoms with van der Waals surface area (Å²) in [6.07, 6.45) is 0. The standard InChI is InChI=1S/C23H27N5O2S/c1-2-30-20-10-8-18(9-11-20)16-27-12-14-28(15-13-27)17-21-25-26-23(31-21)22(29)24-19-6-4-3-5-7-19/h3-11H,2,12-17H2,1H3,(H,24,29). The summed E-state index contributed by atoms with van der Waals surface area (Å²) in [7, 11) is 0. The summed E-state index contributed by atoms with van der Waals surface area (Å²) in [6.45, 7) is 8.33. The lowest BCUT2D eigenvalue weighted by Crippen LogP contribution is -2.45. The summed E-state index contributed by atoms with van der Waals surface area (Å²) >= 11 is 1.36. The fourth-order valence-corrected chi connectivity index (χ4v) is 4.31. The van der Waals surface area contributed by atoms with E-state index < -0.39 is 0 Å². The van der Waals surface area contributed by atoms with Crippen LogP contribution >= 0.6 is 11.3 Å². The number of piperazine rings is 1. The number of nitrogens with zero attached hydrogens (tertiary/aromatic N) is 4. The van der Waals surface area contributed by atoms with E-state index in [4.69, 9.17) is 4.74 Å². The number of aromatic nitrogens is 2.